The average Bonchev–Trinajstić information content (AvgIpc) is 2.30. The highest BCUT2D eigenvalue weighted by molar-refractivity contribution is 5.59. The standard InChI is InChI=1S/C12H12N2O2/c1-2-16-10-5-3-9(4-6-10)11-7-12(15)14-8-13-11/h3-8H,2H2,1H3,(H,13,14,15). The molecule has 1 N–H and O–H groups in total. The second kappa shape index (κ2) is 4.61. The molecule has 4 heteroatoms. The maximum Gasteiger partial charge on any atom is 0.251 e. The first-order valence-corrected chi connectivity index (χ1v) is 5.07. The minimum absolute atomic E-state index is 0.154. The first kappa shape index (κ1) is 10.4. The van der Waals surface area contributed by atoms with Gasteiger partial charge >= 0.3 is 0 Å². The monoisotopic (exact) mass is 216 g/mol. The van der Waals surface area contributed by atoms with Crippen molar-refractivity contribution in [2.24, 2.45) is 0 Å². The number of aromatic amines is 1. The van der Waals surface area contributed by atoms with Crippen molar-refractivity contribution in [1.29, 1.82) is 0 Å². The number of benzene rings is 1. The molecule has 2 aromatic rings. The number of ether oxygens (including phenoxy) is 1. The first-order chi connectivity index (χ1) is 7.79. The van der Waals surface area contributed by atoms with E-state index in [1.54, 1.807) is 0 Å². The van der Waals surface area contributed by atoms with E-state index in [2.05, 4.69) is 9.97 Å². The molecule has 0 atom stereocenters. The quantitative estimate of drug-likeness (QED) is 0.851. The van der Waals surface area contributed by atoms with E-state index in [0.717, 1.165) is 11.3 Å². The van der Waals surface area contributed by atoms with Gasteiger partial charge in [0.25, 0.3) is 5.56 Å². The number of aromatic nitrogens is 2. The van der Waals surface area contributed by atoms with Crippen molar-refractivity contribution in [1.82, 2.24) is 9.97 Å². The summed E-state index contributed by atoms with van der Waals surface area (Å²) in [5.74, 6) is 0.816. The third-order valence-electron chi connectivity index (χ3n) is 2.14. The lowest BCUT2D eigenvalue weighted by molar-refractivity contribution is 0.340. The third-order valence-corrected chi connectivity index (χ3v) is 2.14. The summed E-state index contributed by atoms with van der Waals surface area (Å²) in [6.07, 6.45) is 1.40. The Hall–Kier alpha value is -2.10. The molecule has 82 valence electrons. The minimum Gasteiger partial charge on any atom is -0.494 e. The molecule has 0 aliphatic carbocycles. The van der Waals surface area contributed by atoms with Crippen molar-refractivity contribution >= 4 is 0 Å². The van der Waals surface area contributed by atoms with Gasteiger partial charge in [0, 0.05) is 11.6 Å². The molecule has 0 aliphatic rings. The van der Waals surface area contributed by atoms with Crippen LogP contribution in [0.2, 0.25) is 0 Å². The number of hydrogen-bond donors (Lipinski definition) is 1. The van der Waals surface area contributed by atoms with Gasteiger partial charge in [0.2, 0.25) is 0 Å². The molecular weight excluding hydrogens is 204 g/mol. The molecule has 2 rings (SSSR count). The topological polar surface area (TPSA) is 55.0 Å². The number of hydrogen-bond acceptors (Lipinski definition) is 3. The van der Waals surface area contributed by atoms with Crippen LogP contribution in [0.3, 0.4) is 0 Å². The molecule has 0 radical (unpaired) electrons. The summed E-state index contributed by atoms with van der Waals surface area (Å²) in [5, 5.41) is 0. The van der Waals surface area contributed by atoms with Gasteiger partial charge in [0.1, 0.15) is 5.75 Å². The fraction of sp³-hybridized carbons (Fsp3) is 0.167. The fourth-order valence-electron chi connectivity index (χ4n) is 1.42. The van der Waals surface area contributed by atoms with Crippen molar-refractivity contribution in [3.8, 4) is 17.0 Å². The van der Waals surface area contributed by atoms with Crippen LogP contribution in [0.4, 0.5) is 0 Å². The molecule has 0 saturated carbocycles. The summed E-state index contributed by atoms with van der Waals surface area (Å²) >= 11 is 0. The molecule has 1 aromatic heterocycles. The van der Waals surface area contributed by atoms with Gasteiger partial charge in [-0.05, 0) is 31.2 Å². The second-order valence-corrected chi connectivity index (χ2v) is 3.25. The maximum atomic E-state index is 11.1. The van der Waals surface area contributed by atoms with Gasteiger partial charge in [-0.2, -0.15) is 0 Å². The Morgan fingerprint density at radius 3 is 2.69 bits per heavy atom. The Morgan fingerprint density at radius 2 is 2.06 bits per heavy atom. The highest BCUT2D eigenvalue weighted by Crippen LogP contribution is 2.19. The highest BCUT2D eigenvalue weighted by Gasteiger charge is 2.00. The third kappa shape index (κ3) is 2.28. The van der Waals surface area contributed by atoms with Crippen LogP contribution in [0.1, 0.15) is 6.92 Å². The largest absolute Gasteiger partial charge is 0.494 e. The summed E-state index contributed by atoms with van der Waals surface area (Å²) in [7, 11) is 0. The van der Waals surface area contributed by atoms with E-state index in [1.807, 2.05) is 31.2 Å². The molecular formula is C12H12N2O2. The van der Waals surface area contributed by atoms with E-state index in [0.29, 0.717) is 12.3 Å². The lowest BCUT2D eigenvalue weighted by atomic mass is 10.1. The fourth-order valence-corrected chi connectivity index (χ4v) is 1.42. The Morgan fingerprint density at radius 1 is 1.31 bits per heavy atom. The van der Waals surface area contributed by atoms with Crippen LogP contribution in [-0.2, 0) is 0 Å². The van der Waals surface area contributed by atoms with E-state index < -0.39 is 0 Å². The summed E-state index contributed by atoms with van der Waals surface area (Å²) < 4.78 is 5.33. The van der Waals surface area contributed by atoms with Gasteiger partial charge in [-0.3, -0.25) is 4.79 Å². The normalized spacial score (nSPS) is 10.1. The van der Waals surface area contributed by atoms with E-state index in [9.17, 15) is 4.79 Å². The van der Waals surface area contributed by atoms with Crippen LogP contribution in [-0.4, -0.2) is 16.6 Å². The van der Waals surface area contributed by atoms with Crippen LogP contribution in [0.5, 0.6) is 5.75 Å². The Bertz CT molecular complexity index is 517. The first-order valence-electron chi connectivity index (χ1n) is 5.07. The van der Waals surface area contributed by atoms with E-state index >= 15 is 0 Å². The molecule has 1 heterocycles. The lowest BCUT2D eigenvalue weighted by Crippen LogP contribution is -2.04. The summed E-state index contributed by atoms with van der Waals surface area (Å²) in [5.41, 5.74) is 1.40. The van der Waals surface area contributed by atoms with E-state index in [1.165, 1.54) is 12.4 Å². The van der Waals surface area contributed by atoms with Gasteiger partial charge in [-0.25, -0.2) is 4.98 Å². The van der Waals surface area contributed by atoms with Crippen molar-refractivity contribution < 1.29 is 4.74 Å². The zero-order valence-electron chi connectivity index (χ0n) is 8.93. The number of nitrogens with one attached hydrogen (secondary N) is 1. The van der Waals surface area contributed by atoms with E-state index in [4.69, 9.17) is 4.74 Å². The van der Waals surface area contributed by atoms with Crippen LogP contribution in [0.15, 0.2) is 41.5 Å². The van der Waals surface area contributed by atoms with Crippen molar-refractivity contribution in [2.75, 3.05) is 6.61 Å². The SMILES string of the molecule is CCOc1ccc(-c2cc(=O)[nH]cn2)cc1. The van der Waals surface area contributed by atoms with Crippen molar-refractivity contribution in [3.05, 3.63) is 47.0 Å². The Kier molecular flexibility index (Phi) is 3.00. The average molecular weight is 216 g/mol. The summed E-state index contributed by atoms with van der Waals surface area (Å²) in [6.45, 7) is 2.58. The van der Waals surface area contributed by atoms with Crippen LogP contribution in [0, 0.1) is 0 Å². The molecule has 0 bridgehead atoms. The Balaban J connectivity index is 2.31. The molecule has 0 saturated heterocycles. The maximum absolute atomic E-state index is 11.1. The number of H-pyrrole nitrogens is 1. The summed E-state index contributed by atoms with van der Waals surface area (Å²) in [6, 6.07) is 8.96. The Labute approximate surface area is 92.9 Å². The highest BCUT2D eigenvalue weighted by atomic mass is 16.5. The molecule has 0 aliphatic heterocycles. The molecule has 0 spiro atoms. The zero-order chi connectivity index (χ0) is 11.4. The molecule has 1 aromatic carbocycles. The number of nitrogens with zero attached hydrogens (tertiary/aromatic N) is 1. The minimum atomic E-state index is -0.154. The van der Waals surface area contributed by atoms with Gasteiger partial charge in [0.15, 0.2) is 0 Å². The number of rotatable bonds is 3. The van der Waals surface area contributed by atoms with Gasteiger partial charge in [-0.15, -0.1) is 0 Å². The van der Waals surface area contributed by atoms with Crippen LogP contribution in [0.25, 0.3) is 11.3 Å². The van der Waals surface area contributed by atoms with Gasteiger partial charge in [0.05, 0.1) is 18.6 Å². The van der Waals surface area contributed by atoms with Crippen molar-refractivity contribution in [2.45, 2.75) is 6.92 Å². The molecule has 4 nitrogen and oxygen atoms in total. The van der Waals surface area contributed by atoms with Gasteiger partial charge in [-0.1, -0.05) is 0 Å². The van der Waals surface area contributed by atoms with Crippen LogP contribution < -0.4 is 10.3 Å². The zero-order valence-corrected chi connectivity index (χ0v) is 8.93. The predicted molar refractivity (Wildman–Crippen MR) is 61.5 cm³/mol. The molecule has 0 fully saturated rings. The van der Waals surface area contributed by atoms with E-state index in [-0.39, 0.29) is 5.56 Å². The van der Waals surface area contributed by atoms with Gasteiger partial charge < -0.3 is 9.72 Å². The lowest BCUT2D eigenvalue weighted by Gasteiger charge is -2.04. The van der Waals surface area contributed by atoms with Crippen molar-refractivity contribution in [3.63, 3.8) is 0 Å². The molecule has 16 heavy (non-hydrogen) atoms. The predicted octanol–water partition coefficient (Wildman–Crippen LogP) is 1.84. The second-order valence-electron chi connectivity index (χ2n) is 3.25. The summed E-state index contributed by atoms with van der Waals surface area (Å²) in [4.78, 5) is 17.7. The van der Waals surface area contributed by atoms with Crippen LogP contribution >= 0.6 is 0 Å². The molecule has 0 amide bonds. The molecule has 0 unspecified atom stereocenters. The smallest absolute Gasteiger partial charge is 0.251 e.